The number of aromatic amines is 1. The Morgan fingerprint density at radius 3 is 2.16 bits per heavy atom. The third-order valence-corrected chi connectivity index (χ3v) is 4.84. The second kappa shape index (κ2) is 12.3. The number of aliphatic carboxylic acids is 1. The van der Waals surface area contributed by atoms with Crippen molar-refractivity contribution in [1.82, 2.24) is 25.9 Å². The number of aliphatic hydroxyl groups is 1. The number of aromatic nitrogens is 2. The molecular weight excluding hydrogens is 428 g/mol. The first-order valence-corrected chi connectivity index (χ1v) is 10.3. The summed E-state index contributed by atoms with van der Waals surface area (Å²) in [6.45, 7) is 4.68. The van der Waals surface area contributed by atoms with E-state index in [2.05, 4.69) is 38.5 Å². The van der Waals surface area contributed by atoms with Crippen LogP contribution in [0.1, 0.15) is 26.5 Å². The molecule has 8 N–H and O–H groups in total. The molecule has 1 aromatic heterocycles. The van der Waals surface area contributed by atoms with Crippen LogP contribution < -0.4 is 21.7 Å². The van der Waals surface area contributed by atoms with Gasteiger partial charge in [-0.25, -0.2) is 9.78 Å². The maximum atomic E-state index is 12.7. The highest BCUT2D eigenvalue weighted by molar-refractivity contribution is 7.80. The number of nitrogens with one attached hydrogen (secondary N) is 4. The predicted molar refractivity (Wildman–Crippen MR) is 114 cm³/mol. The van der Waals surface area contributed by atoms with Crippen molar-refractivity contribution in [2.45, 2.75) is 57.5 Å². The number of carbonyl (C=O) groups is 4. The quantitative estimate of drug-likeness (QED) is 0.161. The maximum Gasteiger partial charge on any atom is 0.326 e. The number of nitrogens with two attached hydrogens (primary N) is 1. The first kappa shape index (κ1) is 26.4. The molecule has 13 heteroatoms. The van der Waals surface area contributed by atoms with Crippen LogP contribution in [0.2, 0.25) is 0 Å². The highest BCUT2D eigenvalue weighted by atomic mass is 32.1. The lowest BCUT2D eigenvalue weighted by Gasteiger charge is -2.26. The number of H-pyrrole nitrogens is 1. The predicted octanol–water partition coefficient (Wildman–Crippen LogP) is -2.21. The van der Waals surface area contributed by atoms with Crippen LogP contribution in [0.15, 0.2) is 12.5 Å². The molecule has 0 aliphatic heterocycles. The molecule has 1 heterocycles. The molecule has 5 unspecified atom stereocenters. The standard InChI is InChI=1S/C18H30N6O6S/c1-8(2)14(17(28)22-11(18(29)30)4-10-5-20-7-21-10)24-15(26)12(6-31)23-16(27)13(19)9(3)25/h5,7-9,11-14,25,31H,4,6,19H2,1-3H3,(H,20,21)(H,22,28)(H,23,27)(H,24,26)(H,29,30). The number of carboxylic acids is 1. The first-order chi connectivity index (χ1) is 14.5. The molecule has 0 aromatic carbocycles. The Hall–Kier alpha value is -2.64. The van der Waals surface area contributed by atoms with Gasteiger partial charge in [-0.1, -0.05) is 13.8 Å². The number of hydrogen-bond donors (Lipinski definition) is 8. The van der Waals surface area contributed by atoms with Crippen LogP contribution in [0.4, 0.5) is 0 Å². The Balaban J connectivity index is 2.84. The van der Waals surface area contributed by atoms with E-state index >= 15 is 0 Å². The molecule has 174 valence electrons. The Bertz CT molecular complexity index is 757. The highest BCUT2D eigenvalue weighted by Crippen LogP contribution is 2.06. The number of carboxylic acid groups (broad SMARTS) is 1. The average molecular weight is 459 g/mol. The van der Waals surface area contributed by atoms with E-state index in [1.807, 2.05) is 0 Å². The van der Waals surface area contributed by atoms with Crippen molar-refractivity contribution < 1.29 is 29.4 Å². The van der Waals surface area contributed by atoms with Gasteiger partial charge in [0.05, 0.1) is 12.4 Å². The van der Waals surface area contributed by atoms with Gasteiger partial charge in [-0.15, -0.1) is 0 Å². The fourth-order valence-electron chi connectivity index (χ4n) is 2.55. The van der Waals surface area contributed by atoms with Crippen LogP contribution in [0.3, 0.4) is 0 Å². The van der Waals surface area contributed by atoms with Crippen molar-refractivity contribution in [2.24, 2.45) is 11.7 Å². The van der Waals surface area contributed by atoms with Crippen molar-refractivity contribution in [1.29, 1.82) is 0 Å². The average Bonchev–Trinajstić information content (AvgIpc) is 3.21. The van der Waals surface area contributed by atoms with Gasteiger partial charge < -0.3 is 36.9 Å². The van der Waals surface area contributed by atoms with Gasteiger partial charge in [0.1, 0.15) is 24.2 Å². The zero-order chi connectivity index (χ0) is 23.7. The van der Waals surface area contributed by atoms with E-state index in [-0.39, 0.29) is 18.1 Å². The summed E-state index contributed by atoms with van der Waals surface area (Å²) >= 11 is 4.04. The van der Waals surface area contributed by atoms with Crippen LogP contribution in [-0.2, 0) is 25.6 Å². The number of imidazole rings is 1. The van der Waals surface area contributed by atoms with Gasteiger partial charge in [0.25, 0.3) is 0 Å². The van der Waals surface area contributed by atoms with Gasteiger partial charge in [0.15, 0.2) is 0 Å². The smallest absolute Gasteiger partial charge is 0.326 e. The van der Waals surface area contributed by atoms with Crippen molar-refractivity contribution in [2.75, 3.05) is 5.75 Å². The number of nitrogens with zero attached hydrogens (tertiary/aromatic N) is 1. The molecule has 0 saturated carbocycles. The minimum absolute atomic E-state index is 0.0214. The number of thiol groups is 1. The Morgan fingerprint density at radius 1 is 1.10 bits per heavy atom. The fourth-order valence-corrected chi connectivity index (χ4v) is 2.80. The normalized spacial score (nSPS) is 16.0. The van der Waals surface area contributed by atoms with E-state index in [0.29, 0.717) is 5.69 Å². The summed E-state index contributed by atoms with van der Waals surface area (Å²) in [6.07, 6.45) is 1.69. The van der Waals surface area contributed by atoms with Crippen LogP contribution in [-0.4, -0.2) is 79.9 Å². The lowest BCUT2D eigenvalue weighted by Crippen LogP contribution is -2.59. The topological polar surface area (TPSA) is 200 Å². The van der Waals surface area contributed by atoms with Crippen LogP contribution in [0, 0.1) is 5.92 Å². The summed E-state index contributed by atoms with van der Waals surface area (Å²) in [7, 11) is 0. The molecule has 3 amide bonds. The number of rotatable bonds is 12. The third-order valence-electron chi connectivity index (χ3n) is 4.48. The van der Waals surface area contributed by atoms with Gasteiger partial charge in [-0.3, -0.25) is 14.4 Å². The van der Waals surface area contributed by atoms with Gasteiger partial charge in [0, 0.05) is 24.1 Å². The lowest BCUT2D eigenvalue weighted by atomic mass is 10.0. The summed E-state index contributed by atoms with van der Waals surface area (Å²) in [5.74, 6) is -3.87. The Labute approximate surface area is 185 Å². The number of hydrogen-bond acceptors (Lipinski definition) is 8. The van der Waals surface area contributed by atoms with E-state index in [0.717, 1.165) is 0 Å². The number of amides is 3. The molecule has 1 aromatic rings. The van der Waals surface area contributed by atoms with E-state index in [1.54, 1.807) is 13.8 Å². The molecule has 0 saturated heterocycles. The lowest BCUT2D eigenvalue weighted by molar-refractivity contribution is -0.142. The first-order valence-electron chi connectivity index (χ1n) is 9.63. The zero-order valence-corrected chi connectivity index (χ0v) is 18.4. The maximum absolute atomic E-state index is 12.7. The van der Waals surface area contributed by atoms with E-state index in [9.17, 15) is 29.4 Å². The van der Waals surface area contributed by atoms with Crippen LogP contribution in [0.5, 0.6) is 0 Å². The SMILES string of the molecule is CC(C)C(NC(=O)C(CS)NC(=O)C(N)C(C)O)C(=O)NC(Cc1cnc[nH]1)C(=O)O. The molecule has 0 spiro atoms. The molecule has 5 atom stereocenters. The number of aliphatic hydroxyl groups excluding tert-OH is 1. The van der Waals surface area contributed by atoms with Crippen molar-refractivity contribution in [3.05, 3.63) is 18.2 Å². The Kier molecular flexibility index (Phi) is 10.4. The van der Waals surface area contributed by atoms with Crippen molar-refractivity contribution in [3.63, 3.8) is 0 Å². The summed E-state index contributed by atoms with van der Waals surface area (Å²) in [5.41, 5.74) is 6.07. The van der Waals surface area contributed by atoms with Crippen LogP contribution in [0.25, 0.3) is 0 Å². The second-order valence-electron chi connectivity index (χ2n) is 7.42. The molecule has 1 rings (SSSR count). The Morgan fingerprint density at radius 2 is 1.71 bits per heavy atom. The fraction of sp³-hybridized carbons (Fsp3) is 0.611. The largest absolute Gasteiger partial charge is 0.480 e. The van der Waals surface area contributed by atoms with E-state index in [1.165, 1.54) is 19.4 Å². The molecule has 0 fully saturated rings. The summed E-state index contributed by atoms with van der Waals surface area (Å²) in [4.78, 5) is 55.5. The second-order valence-corrected chi connectivity index (χ2v) is 7.79. The van der Waals surface area contributed by atoms with Gasteiger partial charge in [-0.2, -0.15) is 12.6 Å². The highest BCUT2D eigenvalue weighted by Gasteiger charge is 2.32. The molecule has 0 aliphatic rings. The zero-order valence-electron chi connectivity index (χ0n) is 17.5. The minimum Gasteiger partial charge on any atom is -0.480 e. The molecule has 12 nitrogen and oxygen atoms in total. The molecule has 0 aliphatic carbocycles. The monoisotopic (exact) mass is 458 g/mol. The van der Waals surface area contributed by atoms with Crippen molar-refractivity contribution >= 4 is 36.3 Å². The minimum atomic E-state index is -1.25. The summed E-state index contributed by atoms with van der Waals surface area (Å²) in [5, 5.41) is 26.1. The molecule has 0 radical (unpaired) electrons. The molecule has 0 bridgehead atoms. The van der Waals surface area contributed by atoms with Crippen molar-refractivity contribution in [3.8, 4) is 0 Å². The van der Waals surface area contributed by atoms with E-state index in [4.69, 9.17) is 5.73 Å². The summed E-state index contributed by atoms with van der Waals surface area (Å²) in [6, 6.07) is -4.66. The van der Waals surface area contributed by atoms with Gasteiger partial charge >= 0.3 is 5.97 Å². The summed E-state index contributed by atoms with van der Waals surface area (Å²) < 4.78 is 0. The number of carbonyl (C=O) groups excluding carboxylic acids is 3. The third kappa shape index (κ3) is 8.19. The molecule has 31 heavy (non-hydrogen) atoms. The van der Waals surface area contributed by atoms with Crippen LogP contribution >= 0.6 is 12.6 Å². The van der Waals surface area contributed by atoms with Gasteiger partial charge in [0.2, 0.25) is 17.7 Å². The van der Waals surface area contributed by atoms with Gasteiger partial charge in [-0.05, 0) is 12.8 Å². The van der Waals surface area contributed by atoms with E-state index < -0.39 is 54.0 Å². The molecular formula is C18H30N6O6S.